The topological polar surface area (TPSA) is 30.3 Å². The van der Waals surface area contributed by atoms with E-state index in [4.69, 9.17) is 4.74 Å². The number of rotatable bonds is 4. The lowest BCUT2D eigenvalue weighted by molar-refractivity contribution is -0.0504. The third-order valence-corrected chi connectivity index (χ3v) is 3.05. The van der Waals surface area contributed by atoms with Crippen LogP contribution in [-0.2, 0) is 11.3 Å². The first-order valence-electron chi connectivity index (χ1n) is 5.45. The highest BCUT2D eigenvalue weighted by Gasteiger charge is 2.30. The lowest BCUT2D eigenvalue weighted by Gasteiger charge is -2.42. The van der Waals surface area contributed by atoms with Gasteiger partial charge in [0.05, 0.1) is 18.8 Å². The number of hydrogen-bond acceptors (Lipinski definition) is 3. The third kappa shape index (κ3) is 2.38. The molecular weight excluding hydrogens is 190 g/mol. The van der Waals surface area contributed by atoms with Crippen molar-refractivity contribution in [3.63, 3.8) is 0 Å². The summed E-state index contributed by atoms with van der Waals surface area (Å²) in [4.78, 5) is 2.42. The molecule has 1 atom stereocenters. The average Bonchev–Trinajstić information content (AvgIpc) is 2.49. The van der Waals surface area contributed by atoms with Crippen molar-refractivity contribution in [1.29, 1.82) is 0 Å². The fourth-order valence-electron chi connectivity index (χ4n) is 1.93. The molecule has 0 amide bonds. The summed E-state index contributed by atoms with van der Waals surface area (Å²) < 4.78 is 7.27. The van der Waals surface area contributed by atoms with E-state index in [-0.39, 0.29) is 0 Å². The predicted octanol–water partition coefficient (Wildman–Crippen LogP) is 0.911. The van der Waals surface area contributed by atoms with Gasteiger partial charge in [-0.05, 0) is 19.4 Å². The van der Waals surface area contributed by atoms with E-state index in [2.05, 4.69) is 30.0 Å². The highest BCUT2D eigenvalue weighted by Crippen LogP contribution is 2.15. The molecule has 1 saturated heterocycles. The van der Waals surface area contributed by atoms with Crippen LogP contribution in [-0.4, -0.2) is 47.0 Å². The van der Waals surface area contributed by atoms with Gasteiger partial charge in [0.1, 0.15) is 0 Å². The van der Waals surface area contributed by atoms with E-state index in [1.54, 1.807) is 7.11 Å². The van der Waals surface area contributed by atoms with Crippen LogP contribution in [0.1, 0.15) is 12.5 Å². The van der Waals surface area contributed by atoms with Crippen LogP contribution in [0.5, 0.6) is 0 Å². The Kier molecular flexibility index (Phi) is 3.07. The van der Waals surface area contributed by atoms with E-state index in [0.717, 1.165) is 19.6 Å². The van der Waals surface area contributed by atoms with Gasteiger partial charge in [0.2, 0.25) is 0 Å². The molecule has 4 nitrogen and oxygen atoms in total. The largest absolute Gasteiger partial charge is 0.379 e. The Bertz CT molecular complexity index is 317. The van der Waals surface area contributed by atoms with Crippen molar-refractivity contribution in [3.8, 4) is 0 Å². The molecule has 0 saturated carbocycles. The van der Waals surface area contributed by atoms with Crippen LogP contribution in [0.2, 0.25) is 0 Å². The second-order valence-corrected chi connectivity index (χ2v) is 4.40. The van der Waals surface area contributed by atoms with Gasteiger partial charge in [-0.15, -0.1) is 0 Å². The first-order valence-corrected chi connectivity index (χ1v) is 5.45. The quantitative estimate of drug-likeness (QED) is 0.738. The second-order valence-electron chi connectivity index (χ2n) is 4.40. The molecule has 1 fully saturated rings. The van der Waals surface area contributed by atoms with Crippen LogP contribution in [0.3, 0.4) is 0 Å². The summed E-state index contributed by atoms with van der Waals surface area (Å²) in [5.41, 5.74) is 1.22. The van der Waals surface area contributed by atoms with E-state index < -0.39 is 0 Å². The van der Waals surface area contributed by atoms with Gasteiger partial charge in [0.25, 0.3) is 0 Å². The summed E-state index contributed by atoms with van der Waals surface area (Å²) in [6.45, 7) is 7.38. The van der Waals surface area contributed by atoms with E-state index >= 15 is 0 Å². The molecule has 1 aromatic rings. The monoisotopic (exact) mass is 209 g/mol. The molecule has 0 N–H and O–H groups in total. The standard InChI is InChI=1S/C11H19N3O/c1-9-4-12-14(5-9)6-10(2)13-7-11(8-13)15-3/h4-5,10-11H,6-8H2,1-3H3/t10-/m1/s1. The minimum Gasteiger partial charge on any atom is -0.379 e. The van der Waals surface area contributed by atoms with Crippen LogP contribution in [0, 0.1) is 6.92 Å². The Balaban J connectivity index is 1.80. The number of nitrogens with zero attached hydrogens (tertiary/aromatic N) is 3. The zero-order valence-corrected chi connectivity index (χ0v) is 9.68. The predicted molar refractivity (Wildman–Crippen MR) is 58.8 cm³/mol. The molecule has 0 aliphatic carbocycles. The Morgan fingerprint density at radius 2 is 2.33 bits per heavy atom. The second kappa shape index (κ2) is 4.33. The number of methoxy groups -OCH3 is 1. The molecule has 1 aliphatic heterocycles. The molecule has 1 aromatic heterocycles. The molecule has 84 valence electrons. The van der Waals surface area contributed by atoms with Gasteiger partial charge >= 0.3 is 0 Å². The van der Waals surface area contributed by atoms with E-state index in [0.29, 0.717) is 12.1 Å². The van der Waals surface area contributed by atoms with Crippen molar-refractivity contribution < 1.29 is 4.74 Å². The number of likely N-dealkylation sites (tertiary alicyclic amines) is 1. The highest BCUT2D eigenvalue weighted by atomic mass is 16.5. The lowest BCUT2D eigenvalue weighted by atomic mass is 10.1. The Morgan fingerprint density at radius 3 is 2.87 bits per heavy atom. The maximum atomic E-state index is 5.26. The van der Waals surface area contributed by atoms with Gasteiger partial charge < -0.3 is 4.74 Å². The molecule has 0 aromatic carbocycles. The van der Waals surface area contributed by atoms with Gasteiger partial charge in [-0.2, -0.15) is 5.10 Å². The zero-order valence-electron chi connectivity index (χ0n) is 9.68. The summed E-state index contributed by atoms with van der Waals surface area (Å²) in [6, 6.07) is 0.538. The summed E-state index contributed by atoms with van der Waals surface area (Å²) in [7, 11) is 1.78. The first kappa shape index (κ1) is 10.6. The third-order valence-electron chi connectivity index (χ3n) is 3.05. The Hall–Kier alpha value is -0.870. The van der Waals surface area contributed by atoms with Crippen LogP contribution in [0.4, 0.5) is 0 Å². The van der Waals surface area contributed by atoms with Gasteiger partial charge in [-0.1, -0.05) is 0 Å². The lowest BCUT2D eigenvalue weighted by Crippen LogP contribution is -2.56. The summed E-state index contributed by atoms with van der Waals surface area (Å²) >= 11 is 0. The van der Waals surface area contributed by atoms with Crippen molar-refractivity contribution in [2.75, 3.05) is 20.2 Å². The molecular formula is C11H19N3O. The normalized spacial score (nSPS) is 20.2. The van der Waals surface area contributed by atoms with E-state index in [1.165, 1.54) is 5.56 Å². The van der Waals surface area contributed by atoms with Gasteiger partial charge in [0, 0.05) is 32.4 Å². The highest BCUT2D eigenvalue weighted by molar-refractivity contribution is 4.99. The van der Waals surface area contributed by atoms with E-state index in [9.17, 15) is 0 Å². The van der Waals surface area contributed by atoms with Crippen molar-refractivity contribution in [2.45, 2.75) is 32.5 Å². The molecule has 2 heterocycles. The summed E-state index contributed by atoms with van der Waals surface area (Å²) in [6.07, 6.45) is 4.43. The summed E-state index contributed by atoms with van der Waals surface area (Å²) in [5, 5.41) is 4.29. The molecule has 2 rings (SSSR count). The van der Waals surface area contributed by atoms with Gasteiger partial charge in [-0.3, -0.25) is 9.58 Å². The van der Waals surface area contributed by atoms with Crippen molar-refractivity contribution >= 4 is 0 Å². The fraction of sp³-hybridized carbons (Fsp3) is 0.727. The average molecular weight is 209 g/mol. The minimum absolute atomic E-state index is 0.437. The van der Waals surface area contributed by atoms with Crippen molar-refractivity contribution in [2.24, 2.45) is 0 Å². The van der Waals surface area contributed by atoms with Crippen LogP contribution in [0.25, 0.3) is 0 Å². The van der Waals surface area contributed by atoms with E-state index in [1.807, 2.05) is 10.9 Å². The van der Waals surface area contributed by atoms with Crippen LogP contribution >= 0.6 is 0 Å². The molecule has 0 unspecified atom stereocenters. The Labute approximate surface area is 90.8 Å². The molecule has 0 radical (unpaired) electrons. The molecule has 15 heavy (non-hydrogen) atoms. The molecule has 1 aliphatic rings. The van der Waals surface area contributed by atoms with Crippen LogP contribution < -0.4 is 0 Å². The maximum absolute atomic E-state index is 5.26. The smallest absolute Gasteiger partial charge is 0.0825 e. The maximum Gasteiger partial charge on any atom is 0.0825 e. The minimum atomic E-state index is 0.437. The van der Waals surface area contributed by atoms with Crippen molar-refractivity contribution in [1.82, 2.24) is 14.7 Å². The number of aryl methyl sites for hydroxylation is 1. The number of ether oxygens (including phenoxy) is 1. The molecule has 0 bridgehead atoms. The fourth-order valence-corrected chi connectivity index (χ4v) is 1.93. The molecule has 4 heteroatoms. The number of hydrogen-bond donors (Lipinski definition) is 0. The zero-order chi connectivity index (χ0) is 10.8. The first-order chi connectivity index (χ1) is 7.19. The van der Waals surface area contributed by atoms with Crippen molar-refractivity contribution in [3.05, 3.63) is 18.0 Å². The SMILES string of the molecule is COC1CN([C@H](C)Cn2cc(C)cn2)C1. The Morgan fingerprint density at radius 1 is 1.60 bits per heavy atom. The van der Waals surface area contributed by atoms with Crippen LogP contribution in [0.15, 0.2) is 12.4 Å². The molecule has 0 spiro atoms. The van der Waals surface area contributed by atoms with Gasteiger partial charge in [-0.25, -0.2) is 0 Å². The summed E-state index contributed by atoms with van der Waals surface area (Å²) in [5.74, 6) is 0. The van der Waals surface area contributed by atoms with Gasteiger partial charge in [0.15, 0.2) is 0 Å². The number of aromatic nitrogens is 2.